The summed E-state index contributed by atoms with van der Waals surface area (Å²) in [5.41, 5.74) is 2.20. The van der Waals surface area contributed by atoms with Gasteiger partial charge in [-0.15, -0.1) is 0 Å². The first-order chi connectivity index (χ1) is 18.1. The maximum absolute atomic E-state index is 12.4. The predicted octanol–water partition coefficient (Wildman–Crippen LogP) is 6.71. The quantitative estimate of drug-likeness (QED) is 0.177. The molecule has 0 heterocycles. The second-order valence-electron chi connectivity index (χ2n) is 7.80. The maximum atomic E-state index is 12.4. The van der Waals surface area contributed by atoms with Crippen molar-refractivity contribution in [3.05, 3.63) is 113 Å². The number of hydrogen-bond acceptors (Lipinski definition) is 6. The van der Waals surface area contributed by atoms with Gasteiger partial charge in [-0.3, -0.25) is 4.79 Å². The van der Waals surface area contributed by atoms with Crippen molar-refractivity contribution in [1.82, 2.24) is 0 Å². The van der Waals surface area contributed by atoms with Gasteiger partial charge in [0.1, 0.15) is 12.4 Å². The molecule has 1 N–H and O–H groups in total. The highest BCUT2D eigenvalue weighted by molar-refractivity contribution is 6.31. The first-order valence-electron chi connectivity index (χ1n) is 11.4. The van der Waals surface area contributed by atoms with Gasteiger partial charge in [-0.05, 0) is 54.1 Å². The number of carbonyl (C=O) groups excluding carboxylic acids is 1. The molecule has 0 atom stereocenters. The zero-order valence-corrected chi connectivity index (χ0v) is 20.9. The monoisotopic (exact) mass is 516 g/mol. The van der Waals surface area contributed by atoms with Gasteiger partial charge in [-0.1, -0.05) is 65.3 Å². The lowest BCUT2D eigenvalue weighted by Crippen LogP contribution is -2.17. The molecule has 0 aliphatic heterocycles. The van der Waals surface area contributed by atoms with E-state index in [-0.39, 0.29) is 6.61 Å². The Hall–Kier alpha value is -4.49. The fourth-order valence-electron chi connectivity index (χ4n) is 3.30. The van der Waals surface area contributed by atoms with Crippen molar-refractivity contribution in [2.45, 2.75) is 6.61 Å². The molecule has 0 radical (unpaired) electrons. The van der Waals surface area contributed by atoms with Gasteiger partial charge < -0.3 is 24.4 Å². The molecule has 188 valence electrons. The van der Waals surface area contributed by atoms with Crippen molar-refractivity contribution in [3.63, 3.8) is 0 Å². The van der Waals surface area contributed by atoms with Crippen molar-refractivity contribution in [1.29, 1.82) is 0 Å². The largest absolute Gasteiger partial charge is 0.493 e. The van der Waals surface area contributed by atoms with Crippen molar-refractivity contribution in [3.8, 4) is 23.0 Å². The summed E-state index contributed by atoms with van der Waals surface area (Å²) in [4.78, 5) is 17.6. The summed E-state index contributed by atoms with van der Waals surface area (Å²) < 4.78 is 17.2. The molecule has 0 aliphatic carbocycles. The molecule has 0 unspecified atom stereocenters. The highest BCUT2D eigenvalue weighted by Crippen LogP contribution is 2.32. The van der Waals surface area contributed by atoms with Crippen LogP contribution in [0.3, 0.4) is 0 Å². The Morgan fingerprint density at radius 2 is 1.62 bits per heavy atom. The van der Waals surface area contributed by atoms with E-state index in [4.69, 9.17) is 30.6 Å². The molecule has 7 nitrogen and oxygen atoms in total. The molecule has 0 spiro atoms. The van der Waals surface area contributed by atoms with Crippen LogP contribution in [0, 0.1) is 0 Å². The molecular formula is C29H25ClN2O5. The second-order valence-corrected chi connectivity index (χ2v) is 8.23. The molecule has 0 aromatic heterocycles. The van der Waals surface area contributed by atoms with E-state index in [0.717, 1.165) is 11.1 Å². The van der Waals surface area contributed by atoms with Crippen molar-refractivity contribution < 1.29 is 23.8 Å². The third-order valence-corrected chi connectivity index (χ3v) is 5.32. The van der Waals surface area contributed by atoms with E-state index in [1.807, 2.05) is 66.7 Å². The lowest BCUT2D eigenvalue weighted by Gasteiger charge is -2.12. The Morgan fingerprint density at radius 1 is 0.892 bits per heavy atom. The fourth-order valence-corrected chi connectivity index (χ4v) is 3.48. The van der Waals surface area contributed by atoms with Gasteiger partial charge in [0.25, 0.3) is 5.91 Å². The average molecular weight is 517 g/mol. The summed E-state index contributed by atoms with van der Waals surface area (Å²) in [6.07, 6.45) is 1.49. The third kappa shape index (κ3) is 7.75. The Bertz CT molecular complexity index is 1350. The van der Waals surface area contributed by atoms with Gasteiger partial charge in [0.2, 0.25) is 0 Å². The molecule has 0 saturated carbocycles. The molecule has 37 heavy (non-hydrogen) atoms. The molecule has 4 rings (SSSR count). The van der Waals surface area contributed by atoms with E-state index < -0.39 is 5.91 Å². The van der Waals surface area contributed by atoms with E-state index in [1.165, 1.54) is 6.21 Å². The van der Waals surface area contributed by atoms with E-state index in [1.54, 1.807) is 37.4 Å². The number of para-hydroxylation sites is 1. The number of anilines is 1. The number of nitrogens with one attached hydrogen (secondary N) is 1. The summed E-state index contributed by atoms with van der Waals surface area (Å²) in [6, 6.07) is 29.4. The van der Waals surface area contributed by atoms with Crippen LogP contribution < -0.4 is 19.5 Å². The van der Waals surface area contributed by atoms with E-state index in [0.29, 0.717) is 40.3 Å². The van der Waals surface area contributed by atoms with Crippen LogP contribution >= 0.6 is 11.6 Å². The Morgan fingerprint density at radius 3 is 2.38 bits per heavy atom. The van der Waals surface area contributed by atoms with Gasteiger partial charge in [-0.2, -0.15) is 0 Å². The molecule has 4 aromatic carbocycles. The standard InChI is InChI=1S/C29H25ClN2O5/c1-34-28-16-22(12-14-27(28)35-19-21-8-4-2-5-9-21)18-31-36-20-29(33)32-25-17-23(30)13-15-26(25)37-24-10-6-3-7-11-24/h2-18H,19-20H2,1H3,(H,32,33)/b31-18-. The SMILES string of the molecule is COc1cc(/C=N\OCC(=O)Nc2cc(Cl)ccc2Oc2ccccc2)ccc1OCc1ccccc1. The van der Waals surface area contributed by atoms with Crippen LogP contribution in [0.5, 0.6) is 23.0 Å². The van der Waals surface area contributed by atoms with Crippen molar-refractivity contribution in [2.75, 3.05) is 19.0 Å². The van der Waals surface area contributed by atoms with Crippen molar-refractivity contribution in [2.24, 2.45) is 5.16 Å². The lowest BCUT2D eigenvalue weighted by molar-refractivity contribution is -0.120. The molecular weight excluding hydrogens is 492 g/mol. The van der Waals surface area contributed by atoms with E-state index >= 15 is 0 Å². The smallest absolute Gasteiger partial charge is 0.265 e. The first-order valence-corrected chi connectivity index (χ1v) is 11.8. The van der Waals surface area contributed by atoms with Crippen LogP contribution in [0.25, 0.3) is 0 Å². The van der Waals surface area contributed by atoms with Gasteiger partial charge in [0.05, 0.1) is 19.0 Å². The highest BCUT2D eigenvalue weighted by Gasteiger charge is 2.11. The Kier molecular flexibility index (Phi) is 8.99. The Labute approximate surface area is 220 Å². The van der Waals surface area contributed by atoms with Gasteiger partial charge >= 0.3 is 0 Å². The minimum absolute atomic E-state index is 0.302. The second kappa shape index (κ2) is 13.0. The number of rotatable bonds is 11. The lowest BCUT2D eigenvalue weighted by atomic mass is 10.2. The number of amides is 1. The number of oxime groups is 1. The number of carbonyl (C=O) groups is 1. The zero-order chi connectivity index (χ0) is 25.9. The molecule has 0 aliphatic rings. The van der Waals surface area contributed by atoms with Gasteiger partial charge in [-0.25, -0.2) is 0 Å². The predicted molar refractivity (Wildman–Crippen MR) is 144 cm³/mol. The molecule has 8 heteroatoms. The number of nitrogens with zero attached hydrogens (tertiary/aromatic N) is 1. The van der Waals surface area contributed by atoms with E-state index in [9.17, 15) is 4.79 Å². The molecule has 0 bridgehead atoms. The van der Waals surface area contributed by atoms with Crippen LogP contribution in [0.1, 0.15) is 11.1 Å². The highest BCUT2D eigenvalue weighted by atomic mass is 35.5. The van der Waals surface area contributed by atoms with E-state index in [2.05, 4.69) is 10.5 Å². The van der Waals surface area contributed by atoms with Crippen molar-refractivity contribution >= 4 is 29.4 Å². The topological polar surface area (TPSA) is 78.4 Å². The molecule has 0 saturated heterocycles. The maximum Gasteiger partial charge on any atom is 0.265 e. The third-order valence-electron chi connectivity index (χ3n) is 5.08. The number of ether oxygens (including phenoxy) is 3. The zero-order valence-electron chi connectivity index (χ0n) is 20.1. The minimum Gasteiger partial charge on any atom is -0.493 e. The molecule has 1 amide bonds. The molecule has 4 aromatic rings. The summed E-state index contributed by atoms with van der Waals surface area (Å²) in [6.45, 7) is 0.122. The van der Waals surface area contributed by atoms with Crippen LogP contribution in [-0.4, -0.2) is 25.8 Å². The fraction of sp³-hybridized carbons (Fsp3) is 0.103. The van der Waals surface area contributed by atoms with Crippen LogP contribution in [0.4, 0.5) is 5.69 Å². The normalized spacial score (nSPS) is 10.6. The summed E-state index contributed by atoms with van der Waals surface area (Å²) in [7, 11) is 1.57. The van der Waals surface area contributed by atoms with Crippen LogP contribution in [-0.2, 0) is 16.2 Å². The van der Waals surface area contributed by atoms with Crippen LogP contribution in [0.15, 0.2) is 102 Å². The average Bonchev–Trinajstić information content (AvgIpc) is 2.93. The van der Waals surface area contributed by atoms with Gasteiger partial charge in [0, 0.05) is 10.6 Å². The van der Waals surface area contributed by atoms with Crippen LogP contribution in [0.2, 0.25) is 5.02 Å². The first kappa shape index (κ1) is 25.6. The Balaban J connectivity index is 1.31. The summed E-state index contributed by atoms with van der Waals surface area (Å²) in [5.74, 6) is 1.84. The van der Waals surface area contributed by atoms with Gasteiger partial charge in [0.15, 0.2) is 23.9 Å². The summed E-state index contributed by atoms with van der Waals surface area (Å²) >= 11 is 6.10. The number of halogens is 1. The number of methoxy groups -OCH3 is 1. The number of benzene rings is 4. The summed E-state index contributed by atoms with van der Waals surface area (Å²) in [5, 5.41) is 7.09. The minimum atomic E-state index is -0.417. The molecule has 0 fully saturated rings. The number of hydrogen-bond donors (Lipinski definition) is 1.